The standard InChI is InChI=1S/C18H15FN4O2/c1-20-18(25)15-11-21-23(14-8-3-2-4-9-14)16(15)22-17(24)12-6-5-7-13(19)10-12/h2-11H,1H3,(H,20,25)(H,22,24). The van der Waals surface area contributed by atoms with E-state index in [1.807, 2.05) is 18.2 Å². The molecule has 0 unspecified atom stereocenters. The summed E-state index contributed by atoms with van der Waals surface area (Å²) in [4.78, 5) is 24.5. The lowest BCUT2D eigenvalue weighted by molar-refractivity contribution is 0.0964. The van der Waals surface area contributed by atoms with E-state index in [9.17, 15) is 14.0 Å². The first-order valence-electron chi connectivity index (χ1n) is 7.52. The van der Waals surface area contributed by atoms with Crippen LogP contribution in [0.2, 0.25) is 0 Å². The number of hydrogen-bond donors (Lipinski definition) is 2. The van der Waals surface area contributed by atoms with Crippen LogP contribution in [0.3, 0.4) is 0 Å². The summed E-state index contributed by atoms with van der Waals surface area (Å²) in [6, 6.07) is 14.4. The van der Waals surface area contributed by atoms with Crippen LogP contribution < -0.4 is 10.6 Å². The normalized spacial score (nSPS) is 10.3. The number of anilines is 1. The van der Waals surface area contributed by atoms with Gasteiger partial charge in [0.2, 0.25) is 0 Å². The van der Waals surface area contributed by atoms with Crippen molar-refractivity contribution < 1.29 is 14.0 Å². The van der Waals surface area contributed by atoms with Crippen molar-refractivity contribution in [3.8, 4) is 5.69 Å². The maximum Gasteiger partial charge on any atom is 0.256 e. The number of benzene rings is 2. The number of carbonyl (C=O) groups is 2. The third-order valence-electron chi connectivity index (χ3n) is 3.56. The third-order valence-corrected chi connectivity index (χ3v) is 3.56. The SMILES string of the molecule is CNC(=O)c1cnn(-c2ccccc2)c1NC(=O)c1cccc(F)c1. The first-order chi connectivity index (χ1) is 12.1. The zero-order chi connectivity index (χ0) is 17.8. The van der Waals surface area contributed by atoms with Crippen molar-refractivity contribution in [2.75, 3.05) is 12.4 Å². The molecule has 7 heteroatoms. The zero-order valence-corrected chi connectivity index (χ0v) is 13.4. The maximum absolute atomic E-state index is 13.4. The largest absolute Gasteiger partial charge is 0.355 e. The predicted octanol–water partition coefficient (Wildman–Crippen LogP) is 2.62. The molecule has 2 amide bonds. The van der Waals surface area contributed by atoms with Crippen LogP contribution in [-0.4, -0.2) is 28.6 Å². The minimum Gasteiger partial charge on any atom is -0.355 e. The van der Waals surface area contributed by atoms with Crippen LogP contribution in [0.1, 0.15) is 20.7 Å². The van der Waals surface area contributed by atoms with Crippen molar-refractivity contribution in [2.24, 2.45) is 0 Å². The molecular weight excluding hydrogens is 323 g/mol. The second kappa shape index (κ2) is 6.96. The Labute approximate surface area is 143 Å². The number of para-hydroxylation sites is 1. The van der Waals surface area contributed by atoms with Gasteiger partial charge in [-0.3, -0.25) is 9.59 Å². The average molecular weight is 338 g/mol. The van der Waals surface area contributed by atoms with E-state index >= 15 is 0 Å². The molecule has 2 aromatic carbocycles. The Morgan fingerprint density at radius 2 is 1.80 bits per heavy atom. The maximum atomic E-state index is 13.4. The Morgan fingerprint density at radius 3 is 2.48 bits per heavy atom. The number of aromatic nitrogens is 2. The minimum atomic E-state index is -0.540. The number of hydrogen-bond acceptors (Lipinski definition) is 3. The molecule has 2 N–H and O–H groups in total. The van der Waals surface area contributed by atoms with Gasteiger partial charge in [0.05, 0.1) is 11.9 Å². The lowest BCUT2D eigenvalue weighted by atomic mass is 10.2. The molecular formula is C18H15FN4O2. The van der Waals surface area contributed by atoms with E-state index in [0.717, 1.165) is 6.07 Å². The van der Waals surface area contributed by atoms with Crippen LogP contribution in [0.5, 0.6) is 0 Å². The zero-order valence-electron chi connectivity index (χ0n) is 13.4. The highest BCUT2D eigenvalue weighted by atomic mass is 19.1. The summed E-state index contributed by atoms with van der Waals surface area (Å²) in [6.07, 6.45) is 1.37. The molecule has 1 aromatic heterocycles. The van der Waals surface area contributed by atoms with E-state index < -0.39 is 17.6 Å². The lowest BCUT2D eigenvalue weighted by Gasteiger charge is -2.11. The van der Waals surface area contributed by atoms with Gasteiger partial charge in [0, 0.05) is 12.6 Å². The summed E-state index contributed by atoms with van der Waals surface area (Å²) in [5.74, 6) is -1.24. The monoisotopic (exact) mass is 338 g/mol. The second-order valence-electron chi connectivity index (χ2n) is 5.20. The molecule has 0 fully saturated rings. The molecule has 0 aliphatic heterocycles. The second-order valence-corrected chi connectivity index (χ2v) is 5.20. The summed E-state index contributed by atoms with van der Waals surface area (Å²) >= 11 is 0. The minimum absolute atomic E-state index is 0.142. The number of nitrogens with zero attached hydrogens (tertiary/aromatic N) is 2. The topological polar surface area (TPSA) is 76.0 Å². The highest BCUT2D eigenvalue weighted by Gasteiger charge is 2.20. The smallest absolute Gasteiger partial charge is 0.256 e. The molecule has 3 aromatic rings. The summed E-state index contributed by atoms with van der Waals surface area (Å²) in [6.45, 7) is 0. The van der Waals surface area contributed by atoms with E-state index in [4.69, 9.17) is 0 Å². The molecule has 25 heavy (non-hydrogen) atoms. The van der Waals surface area contributed by atoms with E-state index in [1.165, 1.54) is 36.1 Å². The highest BCUT2D eigenvalue weighted by Crippen LogP contribution is 2.21. The molecule has 0 atom stereocenters. The van der Waals surface area contributed by atoms with Crippen LogP contribution in [0.25, 0.3) is 5.69 Å². The van der Waals surface area contributed by atoms with Gasteiger partial charge in [-0.15, -0.1) is 0 Å². The molecule has 126 valence electrons. The van der Waals surface area contributed by atoms with Crippen molar-refractivity contribution in [3.05, 3.63) is 77.7 Å². The Balaban J connectivity index is 2.02. The Morgan fingerprint density at radius 1 is 1.04 bits per heavy atom. The van der Waals surface area contributed by atoms with Crippen molar-refractivity contribution in [1.29, 1.82) is 0 Å². The molecule has 0 saturated carbocycles. The van der Waals surface area contributed by atoms with Crippen molar-refractivity contribution >= 4 is 17.6 Å². The average Bonchev–Trinajstić information content (AvgIpc) is 3.05. The van der Waals surface area contributed by atoms with Gasteiger partial charge in [-0.2, -0.15) is 5.10 Å². The van der Waals surface area contributed by atoms with Gasteiger partial charge < -0.3 is 10.6 Å². The molecule has 0 aliphatic rings. The fourth-order valence-corrected chi connectivity index (χ4v) is 2.34. The molecule has 0 bridgehead atoms. The molecule has 0 aliphatic carbocycles. The molecule has 0 spiro atoms. The molecule has 6 nitrogen and oxygen atoms in total. The number of carbonyl (C=O) groups excluding carboxylic acids is 2. The molecule has 3 rings (SSSR count). The molecule has 1 heterocycles. The third kappa shape index (κ3) is 3.40. The van der Waals surface area contributed by atoms with E-state index in [0.29, 0.717) is 5.69 Å². The summed E-state index contributed by atoms with van der Waals surface area (Å²) < 4.78 is 14.8. The number of amides is 2. The van der Waals surface area contributed by atoms with Crippen LogP contribution in [-0.2, 0) is 0 Å². The Kier molecular flexibility index (Phi) is 4.56. The Bertz CT molecular complexity index is 922. The lowest BCUT2D eigenvalue weighted by Crippen LogP contribution is -2.22. The van der Waals surface area contributed by atoms with E-state index in [2.05, 4.69) is 15.7 Å². The van der Waals surface area contributed by atoms with Crippen molar-refractivity contribution in [2.45, 2.75) is 0 Å². The number of halogens is 1. The summed E-state index contributed by atoms with van der Waals surface area (Å²) in [5, 5.41) is 9.34. The van der Waals surface area contributed by atoms with Gasteiger partial charge >= 0.3 is 0 Å². The fraction of sp³-hybridized carbons (Fsp3) is 0.0556. The van der Waals surface area contributed by atoms with Gasteiger partial charge in [-0.25, -0.2) is 9.07 Å². The van der Waals surface area contributed by atoms with E-state index in [1.54, 1.807) is 12.1 Å². The first-order valence-corrected chi connectivity index (χ1v) is 7.52. The number of rotatable bonds is 4. The van der Waals surface area contributed by atoms with Gasteiger partial charge in [0.1, 0.15) is 17.2 Å². The molecule has 0 radical (unpaired) electrons. The van der Waals surface area contributed by atoms with Gasteiger partial charge in [0.25, 0.3) is 11.8 Å². The summed E-state index contributed by atoms with van der Waals surface area (Å²) in [7, 11) is 1.49. The van der Waals surface area contributed by atoms with Crippen molar-refractivity contribution in [1.82, 2.24) is 15.1 Å². The number of nitrogens with one attached hydrogen (secondary N) is 2. The van der Waals surface area contributed by atoms with Crippen molar-refractivity contribution in [3.63, 3.8) is 0 Å². The van der Waals surface area contributed by atoms with Gasteiger partial charge in [-0.1, -0.05) is 24.3 Å². The first kappa shape index (κ1) is 16.4. The Hall–Kier alpha value is -3.48. The fourth-order valence-electron chi connectivity index (χ4n) is 2.34. The quantitative estimate of drug-likeness (QED) is 0.768. The van der Waals surface area contributed by atoms with Crippen LogP contribution >= 0.6 is 0 Å². The van der Waals surface area contributed by atoms with Crippen LogP contribution in [0, 0.1) is 5.82 Å². The van der Waals surface area contributed by atoms with Crippen LogP contribution in [0.15, 0.2) is 60.8 Å². The summed E-state index contributed by atoms with van der Waals surface area (Å²) in [5.41, 5.74) is 1.02. The van der Waals surface area contributed by atoms with E-state index in [-0.39, 0.29) is 16.9 Å². The van der Waals surface area contributed by atoms with Crippen LogP contribution in [0.4, 0.5) is 10.2 Å². The molecule has 0 saturated heterocycles. The van der Waals surface area contributed by atoms with Gasteiger partial charge in [0.15, 0.2) is 0 Å². The van der Waals surface area contributed by atoms with Gasteiger partial charge in [-0.05, 0) is 30.3 Å². The highest BCUT2D eigenvalue weighted by molar-refractivity contribution is 6.08. The predicted molar refractivity (Wildman–Crippen MR) is 91.3 cm³/mol.